The number of esters is 1. The largest absolute Gasteiger partial charge is 0.452 e. The monoisotopic (exact) mass is 366 g/mol. The third-order valence-electron chi connectivity index (χ3n) is 4.86. The fourth-order valence-corrected chi connectivity index (χ4v) is 3.32. The maximum atomic E-state index is 12.1. The minimum Gasteiger partial charge on any atom is -0.452 e. The van der Waals surface area contributed by atoms with Gasteiger partial charge in [0.1, 0.15) is 0 Å². The Bertz CT molecular complexity index is 789. The van der Waals surface area contributed by atoms with Gasteiger partial charge in [-0.15, -0.1) is 0 Å². The molecule has 1 N–H and O–H groups in total. The van der Waals surface area contributed by atoms with Crippen molar-refractivity contribution in [3.05, 3.63) is 65.2 Å². The van der Waals surface area contributed by atoms with Crippen LogP contribution in [0.2, 0.25) is 0 Å². The van der Waals surface area contributed by atoms with Crippen LogP contribution in [0.1, 0.15) is 34.3 Å². The Morgan fingerprint density at radius 1 is 1.07 bits per heavy atom. The summed E-state index contributed by atoms with van der Waals surface area (Å²) in [5.74, 6) is -0.712. The van der Waals surface area contributed by atoms with Crippen LogP contribution in [0.4, 0.5) is 5.69 Å². The number of carbonyl (C=O) groups is 2. The zero-order valence-corrected chi connectivity index (χ0v) is 15.7. The van der Waals surface area contributed by atoms with Gasteiger partial charge in [-0.2, -0.15) is 0 Å². The topological polar surface area (TPSA) is 58.6 Å². The Morgan fingerprint density at radius 2 is 1.85 bits per heavy atom. The fourth-order valence-electron chi connectivity index (χ4n) is 3.32. The molecule has 0 aliphatic heterocycles. The maximum Gasteiger partial charge on any atom is 0.338 e. The number of ether oxygens (including phenoxy) is 1. The molecule has 0 spiro atoms. The van der Waals surface area contributed by atoms with Crippen molar-refractivity contribution in [3.63, 3.8) is 0 Å². The first-order chi connectivity index (χ1) is 13.1. The quantitative estimate of drug-likeness (QED) is 0.576. The Kier molecular flexibility index (Phi) is 6.47. The fraction of sp³-hybridized carbons (Fsp3) is 0.364. The zero-order valence-electron chi connectivity index (χ0n) is 15.7. The lowest BCUT2D eigenvalue weighted by Crippen LogP contribution is -2.31. The summed E-state index contributed by atoms with van der Waals surface area (Å²) in [6.45, 7) is 1.13. The Balaban J connectivity index is 1.34. The molecule has 1 aliphatic carbocycles. The molecule has 0 saturated carbocycles. The highest BCUT2D eigenvalue weighted by Crippen LogP contribution is 2.23. The van der Waals surface area contributed by atoms with Crippen LogP contribution >= 0.6 is 0 Å². The average molecular weight is 366 g/mol. The molecule has 5 nitrogen and oxygen atoms in total. The lowest BCUT2D eigenvalue weighted by Gasteiger charge is -2.19. The summed E-state index contributed by atoms with van der Waals surface area (Å²) < 4.78 is 5.14. The Morgan fingerprint density at radius 3 is 2.67 bits per heavy atom. The Hall–Kier alpha value is -2.82. The van der Waals surface area contributed by atoms with Crippen LogP contribution in [0.25, 0.3) is 0 Å². The Labute approximate surface area is 160 Å². The van der Waals surface area contributed by atoms with Crippen molar-refractivity contribution < 1.29 is 14.3 Å². The lowest BCUT2D eigenvalue weighted by atomic mass is 10.1. The highest BCUT2D eigenvalue weighted by atomic mass is 16.5. The van der Waals surface area contributed by atoms with Gasteiger partial charge in [0.2, 0.25) is 0 Å². The van der Waals surface area contributed by atoms with Gasteiger partial charge in [-0.3, -0.25) is 4.79 Å². The second-order valence-electron chi connectivity index (χ2n) is 6.87. The molecule has 1 amide bonds. The maximum absolute atomic E-state index is 12.1. The molecule has 0 saturated heterocycles. The number of nitrogens with zero attached hydrogens (tertiary/aromatic N) is 1. The zero-order chi connectivity index (χ0) is 19.1. The van der Waals surface area contributed by atoms with E-state index in [2.05, 4.69) is 22.3 Å². The summed E-state index contributed by atoms with van der Waals surface area (Å²) in [7, 11) is 2.02. The molecule has 5 heteroatoms. The first-order valence-electron chi connectivity index (χ1n) is 9.45. The van der Waals surface area contributed by atoms with E-state index < -0.39 is 5.97 Å². The molecule has 0 aromatic heterocycles. The minimum atomic E-state index is -0.441. The van der Waals surface area contributed by atoms with Crippen molar-refractivity contribution in [1.29, 1.82) is 0 Å². The number of amides is 1. The lowest BCUT2D eigenvalue weighted by molar-refractivity contribution is -0.124. The van der Waals surface area contributed by atoms with Crippen molar-refractivity contribution in [2.45, 2.75) is 25.7 Å². The van der Waals surface area contributed by atoms with Gasteiger partial charge in [0.05, 0.1) is 5.56 Å². The molecule has 142 valence electrons. The summed E-state index contributed by atoms with van der Waals surface area (Å²) in [4.78, 5) is 26.1. The normalized spacial score (nSPS) is 12.3. The first kappa shape index (κ1) is 19.0. The standard InChI is InChI=1S/C22H26N2O3/c1-24(20-9-3-2-4-10-20)14-6-13-23-21(25)16-27-22(26)19-12-11-17-7-5-8-18(17)15-19/h2-4,9-12,15H,5-8,13-14,16H2,1H3,(H,23,25). The molecule has 27 heavy (non-hydrogen) atoms. The van der Waals surface area contributed by atoms with Crippen LogP contribution in [0.5, 0.6) is 0 Å². The van der Waals surface area contributed by atoms with E-state index in [0.717, 1.165) is 37.9 Å². The molecule has 1 aliphatic rings. The van der Waals surface area contributed by atoms with Crippen molar-refractivity contribution in [3.8, 4) is 0 Å². The summed E-state index contributed by atoms with van der Waals surface area (Å²) in [6.07, 6.45) is 4.03. The number of nitrogens with one attached hydrogen (secondary N) is 1. The van der Waals surface area contributed by atoms with Crippen LogP contribution in [-0.4, -0.2) is 38.6 Å². The van der Waals surface area contributed by atoms with E-state index in [1.54, 1.807) is 6.07 Å². The summed E-state index contributed by atoms with van der Waals surface area (Å²) in [6, 6.07) is 15.8. The minimum absolute atomic E-state index is 0.246. The van der Waals surface area contributed by atoms with E-state index in [-0.39, 0.29) is 12.5 Å². The van der Waals surface area contributed by atoms with Gasteiger partial charge in [0, 0.05) is 25.8 Å². The van der Waals surface area contributed by atoms with Gasteiger partial charge in [-0.1, -0.05) is 24.3 Å². The van der Waals surface area contributed by atoms with Gasteiger partial charge in [0.15, 0.2) is 6.61 Å². The summed E-state index contributed by atoms with van der Waals surface area (Å²) >= 11 is 0. The third-order valence-corrected chi connectivity index (χ3v) is 4.86. The van der Waals surface area contributed by atoms with Crippen molar-refractivity contribution >= 4 is 17.6 Å². The summed E-state index contributed by atoms with van der Waals surface area (Å²) in [5, 5.41) is 2.80. The first-order valence-corrected chi connectivity index (χ1v) is 9.45. The van der Waals surface area contributed by atoms with Crippen LogP contribution in [0.15, 0.2) is 48.5 Å². The van der Waals surface area contributed by atoms with E-state index in [0.29, 0.717) is 12.1 Å². The molecule has 2 aromatic carbocycles. The van der Waals surface area contributed by atoms with Gasteiger partial charge in [0.25, 0.3) is 5.91 Å². The second-order valence-corrected chi connectivity index (χ2v) is 6.87. The van der Waals surface area contributed by atoms with E-state index in [4.69, 9.17) is 4.74 Å². The van der Waals surface area contributed by atoms with Crippen LogP contribution < -0.4 is 10.2 Å². The average Bonchev–Trinajstić information content (AvgIpc) is 3.17. The number of carbonyl (C=O) groups excluding carboxylic acids is 2. The number of aryl methyl sites for hydroxylation is 2. The number of fused-ring (bicyclic) bond motifs is 1. The predicted molar refractivity (Wildman–Crippen MR) is 106 cm³/mol. The molecule has 0 bridgehead atoms. The van der Waals surface area contributed by atoms with E-state index in [1.165, 1.54) is 11.1 Å². The highest BCUT2D eigenvalue weighted by molar-refractivity contribution is 5.91. The van der Waals surface area contributed by atoms with Gasteiger partial charge >= 0.3 is 5.97 Å². The molecule has 3 rings (SSSR count). The van der Waals surface area contributed by atoms with Crippen molar-refractivity contribution in [2.75, 3.05) is 31.6 Å². The number of rotatable bonds is 8. The molecule has 2 aromatic rings. The molecule has 0 heterocycles. The number of para-hydroxylation sites is 1. The van der Waals surface area contributed by atoms with Gasteiger partial charge < -0.3 is 15.0 Å². The van der Waals surface area contributed by atoms with Crippen LogP contribution in [0, 0.1) is 0 Å². The SMILES string of the molecule is CN(CCCNC(=O)COC(=O)c1ccc2c(c1)CCC2)c1ccccc1. The van der Waals surface area contributed by atoms with E-state index in [1.807, 2.05) is 37.4 Å². The van der Waals surface area contributed by atoms with Crippen molar-refractivity contribution in [1.82, 2.24) is 5.32 Å². The van der Waals surface area contributed by atoms with E-state index >= 15 is 0 Å². The molecular weight excluding hydrogens is 340 g/mol. The highest BCUT2D eigenvalue weighted by Gasteiger charge is 2.15. The van der Waals surface area contributed by atoms with Gasteiger partial charge in [-0.05, 0) is 61.1 Å². The smallest absolute Gasteiger partial charge is 0.338 e. The van der Waals surface area contributed by atoms with Crippen molar-refractivity contribution in [2.24, 2.45) is 0 Å². The summed E-state index contributed by atoms with van der Waals surface area (Å²) in [5.41, 5.74) is 4.20. The molecule has 0 atom stereocenters. The van der Waals surface area contributed by atoms with Crippen LogP contribution in [-0.2, 0) is 22.4 Å². The number of anilines is 1. The number of hydrogen-bond donors (Lipinski definition) is 1. The molecule has 0 radical (unpaired) electrons. The predicted octanol–water partition coefficient (Wildman–Crippen LogP) is 2.97. The molecular formula is C22H26N2O3. The molecule has 0 unspecified atom stereocenters. The van der Waals surface area contributed by atoms with E-state index in [9.17, 15) is 9.59 Å². The number of hydrogen-bond acceptors (Lipinski definition) is 4. The molecule has 0 fully saturated rings. The number of benzene rings is 2. The third kappa shape index (κ3) is 5.33. The second kappa shape index (κ2) is 9.21. The van der Waals surface area contributed by atoms with Crippen LogP contribution in [0.3, 0.4) is 0 Å². The van der Waals surface area contributed by atoms with Gasteiger partial charge in [-0.25, -0.2) is 4.79 Å².